The van der Waals surface area contributed by atoms with Gasteiger partial charge in [0.2, 0.25) is 5.91 Å². The lowest BCUT2D eigenvalue weighted by Gasteiger charge is -2.09. The zero-order valence-electron chi connectivity index (χ0n) is 9.80. The van der Waals surface area contributed by atoms with Crippen molar-refractivity contribution < 1.29 is 14.7 Å². The molecule has 0 saturated heterocycles. The third kappa shape index (κ3) is 4.20. The first-order chi connectivity index (χ1) is 8.41. The molecule has 4 nitrogen and oxygen atoms in total. The van der Waals surface area contributed by atoms with Crippen molar-refractivity contribution in [2.75, 3.05) is 5.32 Å². The molecule has 0 aliphatic rings. The van der Waals surface area contributed by atoms with Crippen LogP contribution in [0.25, 0.3) is 0 Å². The Morgan fingerprint density at radius 3 is 2.50 bits per heavy atom. The van der Waals surface area contributed by atoms with E-state index in [1.807, 2.05) is 6.92 Å². The maximum Gasteiger partial charge on any atom is 0.303 e. The summed E-state index contributed by atoms with van der Waals surface area (Å²) in [5.74, 6) is -1.20. The number of carboxylic acid groups (broad SMARTS) is 1. The van der Waals surface area contributed by atoms with Crippen LogP contribution in [-0.4, -0.2) is 17.0 Å². The normalized spacial score (nSPS) is 10.2. The summed E-state index contributed by atoms with van der Waals surface area (Å²) < 4.78 is 0. The van der Waals surface area contributed by atoms with Gasteiger partial charge in [-0.25, -0.2) is 0 Å². The van der Waals surface area contributed by atoms with Gasteiger partial charge in [-0.3, -0.25) is 9.59 Å². The molecule has 0 heterocycles. The van der Waals surface area contributed by atoms with Crippen LogP contribution in [0.5, 0.6) is 0 Å². The van der Waals surface area contributed by atoms with E-state index in [1.54, 1.807) is 12.1 Å². The molecule has 0 aliphatic heterocycles. The van der Waals surface area contributed by atoms with Crippen LogP contribution in [-0.2, 0) is 9.59 Å². The molecule has 98 valence electrons. The van der Waals surface area contributed by atoms with E-state index in [2.05, 4.69) is 5.32 Å². The summed E-state index contributed by atoms with van der Waals surface area (Å²) in [5, 5.41) is 11.8. The quantitative estimate of drug-likeness (QED) is 0.872. The van der Waals surface area contributed by atoms with E-state index in [1.165, 1.54) is 0 Å². The third-order valence-electron chi connectivity index (χ3n) is 2.34. The van der Waals surface area contributed by atoms with Gasteiger partial charge in [-0.2, -0.15) is 0 Å². The van der Waals surface area contributed by atoms with Gasteiger partial charge in [0.25, 0.3) is 0 Å². The summed E-state index contributed by atoms with van der Waals surface area (Å²) in [6.45, 7) is 1.81. The Balaban J connectivity index is 2.60. The van der Waals surface area contributed by atoms with Crippen LogP contribution in [0.15, 0.2) is 12.1 Å². The highest BCUT2D eigenvalue weighted by Gasteiger charge is 2.10. The minimum absolute atomic E-state index is 0.0319. The number of amides is 1. The number of halogens is 2. The van der Waals surface area contributed by atoms with Crippen molar-refractivity contribution in [3.63, 3.8) is 0 Å². The fourth-order valence-electron chi connectivity index (χ4n) is 1.36. The molecule has 1 amide bonds. The Bertz CT molecular complexity index is 475. The Morgan fingerprint density at radius 1 is 1.22 bits per heavy atom. The van der Waals surface area contributed by atoms with Crippen molar-refractivity contribution >= 4 is 40.8 Å². The summed E-state index contributed by atoms with van der Waals surface area (Å²) in [6.07, 6.45) is 0.391. The average molecular weight is 290 g/mol. The fourth-order valence-corrected chi connectivity index (χ4v) is 1.78. The van der Waals surface area contributed by atoms with Crippen LogP contribution in [0.4, 0.5) is 5.69 Å². The van der Waals surface area contributed by atoms with E-state index in [0.717, 1.165) is 5.56 Å². The number of carbonyl (C=O) groups is 2. The Hall–Kier alpha value is -1.26. The maximum atomic E-state index is 11.5. The van der Waals surface area contributed by atoms with Crippen LogP contribution < -0.4 is 5.32 Å². The zero-order valence-corrected chi connectivity index (χ0v) is 11.3. The van der Waals surface area contributed by atoms with Crippen molar-refractivity contribution in [3.8, 4) is 0 Å². The summed E-state index contributed by atoms with van der Waals surface area (Å²) >= 11 is 11.9. The minimum Gasteiger partial charge on any atom is -0.481 e. The zero-order chi connectivity index (χ0) is 13.7. The predicted molar refractivity (Wildman–Crippen MR) is 71.3 cm³/mol. The number of hydrogen-bond acceptors (Lipinski definition) is 2. The lowest BCUT2D eigenvalue weighted by atomic mass is 10.2. The number of carbonyl (C=O) groups excluding carboxylic acids is 1. The second kappa shape index (κ2) is 6.61. The van der Waals surface area contributed by atoms with Gasteiger partial charge in [0.1, 0.15) is 0 Å². The number of anilines is 1. The van der Waals surface area contributed by atoms with Gasteiger partial charge in [-0.15, -0.1) is 0 Å². The van der Waals surface area contributed by atoms with Crippen molar-refractivity contribution in [3.05, 3.63) is 27.7 Å². The highest BCUT2D eigenvalue weighted by Crippen LogP contribution is 2.32. The molecule has 0 radical (unpaired) electrons. The van der Waals surface area contributed by atoms with Crippen molar-refractivity contribution in [2.24, 2.45) is 0 Å². The fraction of sp³-hybridized carbons (Fsp3) is 0.333. The molecule has 1 aromatic carbocycles. The number of aryl methyl sites for hydroxylation is 1. The molecule has 1 aromatic rings. The second-order valence-electron chi connectivity index (χ2n) is 3.85. The molecule has 2 N–H and O–H groups in total. The Kier molecular flexibility index (Phi) is 5.44. The maximum absolute atomic E-state index is 11.5. The molecule has 0 atom stereocenters. The molecule has 0 spiro atoms. The molecule has 1 rings (SSSR count). The predicted octanol–water partition coefficient (Wildman–Crippen LogP) is 3.50. The third-order valence-corrected chi connectivity index (χ3v) is 3.32. The van der Waals surface area contributed by atoms with Gasteiger partial charge < -0.3 is 10.4 Å². The smallest absolute Gasteiger partial charge is 0.303 e. The molecular formula is C12H13Cl2NO3. The van der Waals surface area contributed by atoms with E-state index in [4.69, 9.17) is 28.3 Å². The summed E-state index contributed by atoms with van der Waals surface area (Å²) in [6, 6.07) is 3.42. The number of nitrogens with one attached hydrogen (secondary N) is 1. The summed E-state index contributed by atoms with van der Waals surface area (Å²) in [7, 11) is 0. The SMILES string of the molecule is Cc1ccc(NC(=O)CCCC(=O)O)c(Cl)c1Cl. The lowest BCUT2D eigenvalue weighted by Crippen LogP contribution is -2.12. The molecule has 0 bridgehead atoms. The van der Waals surface area contributed by atoms with Crippen molar-refractivity contribution in [1.29, 1.82) is 0 Å². The van der Waals surface area contributed by atoms with E-state index in [-0.39, 0.29) is 18.7 Å². The van der Waals surface area contributed by atoms with E-state index in [9.17, 15) is 9.59 Å². The highest BCUT2D eigenvalue weighted by atomic mass is 35.5. The minimum atomic E-state index is -0.917. The van der Waals surface area contributed by atoms with E-state index in [0.29, 0.717) is 22.2 Å². The molecule has 0 fully saturated rings. The average Bonchev–Trinajstić information content (AvgIpc) is 2.29. The van der Waals surface area contributed by atoms with Gasteiger partial charge in [-0.05, 0) is 25.0 Å². The summed E-state index contributed by atoms with van der Waals surface area (Å²) in [4.78, 5) is 21.8. The Morgan fingerprint density at radius 2 is 1.89 bits per heavy atom. The molecule has 6 heteroatoms. The number of aliphatic carboxylic acids is 1. The van der Waals surface area contributed by atoms with Gasteiger partial charge in [-0.1, -0.05) is 29.3 Å². The standard InChI is InChI=1S/C12H13Cl2NO3/c1-7-5-6-8(12(14)11(7)13)15-9(16)3-2-4-10(17)18/h5-6H,2-4H2,1H3,(H,15,16)(H,17,18). The molecule has 0 saturated carbocycles. The van der Waals surface area contributed by atoms with Crippen molar-refractivity contribution in [1.82, 2.24) is 0 Å². The molecule has 0 aliphatic carbocycles. The van der Waals surface area contributed by atoms with Crippen LogP contribution in [0.3, 0.4) is 0 Å². The Labute approximate surface area is 115 Å². The van der Waals surface area contributed by atoms with Crippen LogP contribution in [0, 0.1) is 6.92 Å². The van der Waals surface area contributed by atoms with Gasteiger partial charge >= 0.3 is 5.97 Å². The first-order valence-electron chi connectivity index (χ1n) is 5.38. The highest BCUT2D eigenvalue weighted by molar-refractivity contribution is 6.44. The topological polar surface area (TPSA) is 66.4 Å². The van der Waals surface area contributed by atoms with Crippen LogP contribution in [0.1, 0.15) is 24.8 Å². The monoisotopic (exact) mass is 289 g/mol. The number of rotatable bonds is 5. The molecule has 18 heavy (non-hydrogen) atoms. The van der Waals surface area contributed by atoms with Gasteiger partial charge in [0.05, 0.1) is 15.7 Å². The van der Waals surface area contributed by atoms with Gasteiger partial charge in [0, 0.05) is 12.8 Å². The number of hydrogen-bond donors (Lipinski definition) is 2. The number of benzene rings is 1. The molecule has 0 aromatic heterocycles. The first-order valence-corrected chi connectivity index (χ1v) is 6.13. The van der Waals surface area contributed by atoms with Crippen LogP contribution in [0.2, 0.25) is 10.0 Å². The summed E-state index contributed by atoms with van der Waals surface area (Å²) in [5.41, 5.74) is 1.26. The second-order valence-corrected chi connectivity index (χ2v) is 4.61. The van der Waals surface area contributed by atoms with E-state index >= 15 is 0 Å². The lowest BCUT2D eigenvalue weighted by molar-refractivity contribution is -0.137. The first kappa shape index (κ1) is 14.8. The van der Waals surface area contributed by atoms with Crippen LogP contribution >= 0.6 is 23.2 Å². The van der Waals surface area contributed by atoms with E-state index < -0.39 is 5.97 Å². The molecule has 0 unspecified atom stereocenters. The van der Waals surface area contributed by atoms with Gasteiger partial charge in [0.15, 0.2) is 0 Å². The number of carboxylic acids is 1. The largest absolute Gasteiger partial charge is 0.481 e. The van der Waals surface area contributed by atoms with Crippen molar-refractivity contribution in [2.45, 2.75) is 26.2 Å². The molecular weight excluding hydrogens is 277 g/mol.